The summed E-state index contributed by atoms with van der Waals surface area (Å²) in [5.74, 6) is 0.591. The molecule has 1 aliphatic heterocycles. The number of rotatable bonds is 8. The van der Waals surface area contributed by atoms with Crippen LogP contribution < -0.4 is 5.32 Å². The number of nitrogens with zero attached hydrogens (tertiary/aromatic N) is 1. The highest BCUT2D eigenvalue weighted by molar-refractivity contribution is 5.89. The van der Waals surface area contributed by atoms with Crippen molar-refractivity contribution in [1.82, 2.24) is 10.2 Å². The topological polar surface area (TPSA) is 69.6 Å². The van der Waals surface area contributed by atoms with Crippen LogP contribution >= 0.6 is 0 Å². The number of likely N-dealkylation sites (tertiary alicyclic amines) is 1. The lowest BCUT2D eigenvalue weighted by molar-refractivity contribution is -0.129. The van der Waals surface area contributed by atoms with Gasteiger partial charge in [0.2, 0.25) is 11.8 Å². The van der Waals surface area contributed by atoms with Crippen molar-refractivity contribution in [2.45, 2.75) is 40.0 Å². The van der Waals surface area contributed by atoms with Gasteiger partial charge in [-0.15, -0.1) is 0 Å². The minimum atomic E-state index is -0.198. The van der Waals surface area contributed by atoms with Crippen LogP contribution in [0.3, 0.4) is 0 Å². The minimum Gasteiger partial charge on any atom is -0.396 e. The van der Waals surface area contributed by atoms with Crippen molar-refractivity contribution in [3.8, 4) is 0 Å². The van der Waals surface area contributed by atoms with Gasteiger partial charge >= 0.3 is 0 Å². The first-order valence-corrected chi connectivity index (χ1v) is 7.60. The molecule has 116 valence electrons. The molecule has 0 aromatic heterocycles. The maximum absolute atomic E-state index is 12.0. The first-order chi connectivity index (χ1) is 9.43. The molecule has 5 heteroatoms. The average Bonchev–Trinajstić information content (AvgIpc) is 2.75. The Morgan fingerprint density at radius 3 is 2.75 bits per heavy atom. The van der Waals surface area contributed by atoms with Crippen LogP contribution in [0.1, 0.15) is 40.0 Å². The quantitative estimate of drug-likeness (QED) is 0.654. The lowest BCUT2D eigenvalue weighted by atomic mass is 10.1. The van der Waals surface area contributed by atoms with E-state index in [9.17, 15) is 9.59 Å². The average molecular weight is 284 g/mol. The minimum absolute atomic E-state index is 0.0127. The SMILES string of the molecule is CC(C)CN1CC(C(=O)NCCCC(C)CO)CC1=O. The van der Waals surface area contributed by atoms with Crippen molar-refractivity contribution < 1.29 is 14.7 Å². The van der Waals surface area contributed by atoms with Crippen LogP contribution in [0.15, 0.2) is 0 Å². The Kier molecular flexibility index (Phi) is 6.99. The van der Waals surface area contributed by atoms with Crippen LogP contribution in [0.4, 0.5) is 0 Å². The van der Waals surface area contributed by atoms with Crippen LogP contribution in [0.25, 0.3) is 0 Å². The predicted octanol–water partition coefficient (Wildman–Crippen LogP) is 1.02. The monoisotopic (exact) mass is 284 g/mol. The molecular formula is C15H28N2O3. The Bertz CT molecular complexity index is 331. The summed E-state index contributed by atoms with van der Waals surface area (Å²) in [6.07, 6.45) is 2.11. The third kappa shape index (κ3) is 5.49. The fourth-order valence-electron chi connectivity index (χ4n) is 2.46. The zero-order valence-corrected chi connectivity index (χ0v) is 12.9. The van der Waals surface area contributed by atoms with Gasteiger partial charge in [-0.1, -0.05) is 20.8 Å². The predicted molar refractivity (Wildman–Crippen MR) is 78.0 cm³/mol. The van der Waals surface area contributed by atoms with Gasteiger partial charge in [0.15, 0.2) is 0 Å². The van der Waals surface area contributed by atoms with Gasteiger partial charge in [0.25, 0.3) is 0 Å². The zero-order chi connectivity index (χ0) is 15.1. The number of aliphatic hydroxyl groups excluding tert-OH is 1. The van der Waals surface area contributed by atoms with Crippen molar-refractivity contribution in [3.05, 3.63) is 0 Å². The van der Waals surface area contributed by atoms with E-state index in [1.165, 1.54) is 0 Å². The third-order valence-electron chi connectivity index (χ3n) is 3.66. The van der Waals surface area contributed by atoms with Crippen LogP contribution in [-0.4, -0.2) is 48.1 Å². The van der Waals surface area contributed by atoms with Gasteiger partial charge in [0.1, 0.15) is 0 Å². The van der Waals surface area contributed by atoms with Crippen LogP contribution in [-0.2, 0) is 9.59 Å². The van der Waals surface area contributed by atoms with E-state index >= 15 is 0 Å². The normalized spacial score (nSPS) is 20.6. The summed E-state index contributed by atoms with van der Waals surface area (Å²) in [6, 6.07) is 0. The van der Waals surface area contributed by atoms with Crippen molar-refractivity contribution in [1.29, 1.82) is 0 Å². The van der Waals surface area contributed by atoms with E-state index in [1.54, 1.807) is 4.90 Å². The highest BCUT2D eigenvalue weighted by Crippen LogP contribution is 2.19. The van der Waals surface area contributed by atoms with Crippen LogP contribution in [0.2, 0.25) is 0 Å². The number of carbonyl (C=O) groups is 2. The molecule has 0 aliphatic carbocycles. The maximum atomic E-state index is 12.0. The number of amides is 2. The van der Waals surface area contributed by atoms with Gasteiger partial charge in [-0.2, -0.15) is 0 Å². The lowest BCUT2D eigenvalue weighted by Crippen LogP contribution is -2.34. The summed E-state index contributed by atoms with van der Waals surface area (Å²) in [5.41, 5.74) is 0. The van der Waals surface area contributed by atoms with E-state index in [2.05, 4.69) is 19.2 Å². The lowest BCUT2D eigenvalue weighted by Gasteiger charge is -2.18. The van der Waals surface area contributed by atoms with E-state index in [1.807, 2.05) is 6.92 Å². The maximum Gasteiger partial charge on any atom is 0.225 e. The zero-order valence-electron chi connectivity index (χ0n) is 12.9. The molecule has 2 amide bonds. The highest BCUT2D eigenvalue weighted by atomic mass is 16.3. The molecule has 1 aliphatic rings. The number of hydrogen-bond acceptors (Lipinski definition) is 3. The van der Waals surface area contributed by atoms with Gasteiger partial charge < -0.3 is 15.3 Å². The number of carbonyl (C=O) groups excluding carboxylic acids is 2. The molecule has 1 fully saturated rings. The summed E-state index contributed by atoms with van der Waals surface area (Å²) in [4.78, 5) is 25.6. The van der Waals surface area contributed by atoms with E-state index < -0.39 is 0 Å². The highest BCUT2D eigenvalue weighted by Gasteiger charge is 2.34. The summed E-state index contributed by atoms with van der Waals surface area (Å²) in [7, 11) is 0. The molecule has 0 aromatic rings. The van der Waals surface area contributed by atoms with Gasteiger partial charge in [0.05, 0.1) is 5.92 Å². The second-order valence-electron chi connectivity index (χ2n) is 6.31. The Balaban J connectivity index is 2.26. The van der Waals surface area contributed by atoms with Gasteiger partial charge in [-0.05, 0) is 24.7 Å². The molecule has 1 saturated heterocycles. The van der Waals surface area contributed by atoms with Gasteiger partial charge in [-0.3, -0.25) is 9.59 Å². The van der Waals surface area contributed by atoms with Crippen molar-refractivity contribution in [2.75, 3.05) is 26.2 Å². The Hall–Kier alpha value is -1.10. The molecule has 0 spiro atoms. The molecule has 0 radical (unpaired) electrons. The fraction of sp³-hybridized carbons (Fsp3) is 0.867. The summed E-state index contributed by atoms with van der Waals surface area (Å²) in [5, 5.41) is 11.8. The van der Waals surface area contributed by atoms with E-state index in [0.29, 0.717) is 25.4 Å². The van der Waals surface area contributed by atoms with Gasteiger partial charge in [0, 0.05) is 32.7 Å². The largest absolute Gasteiger partial charge is 0.396 e. The fourth-order valence-corrected chi connectivity index (χ4v) is 2.46. The molecule has 0 saturated carbocycles. The molecule has 0 aromatic carbocycles. The Labute approximate surface area is 121 Å². The van der Waals surface area contributed by atoms with Gasteiger partial charge in [-0.25, -0.2) is 0 Å². The van der Waals surface area contributed by atoms with Crippen molar-refractivity contribution >= 4 is 11.8 Å². The standard InChI is InChI=1S/C15H28N2O3/c1-11(2)8-17-9-13(7-14(17)19)15(20)16-6-4-5-12(3)10-18/h11-13,18H,4-10H2,1-3H3,(H,16,20). The molecule has 1 rings (SSSR count). The second kappa shape index (κ2) is 8.25. The molecule has 20 heavy (non-hydrogen) atoms. The number of nitrogens with one attached hydrogen (secondary N) is 1. The Morgan fingerprint density at radius 1 is 1.45 bits per heavy atom. The van der Waals surface area contributed by atoms with Crippen LogP contribution in [0.5, 0.6) is 0 Å². The summed E-state index contributed by atoms with van der Waals surface area (Å²) in [6.45, 7) is 8.23. The number of aliphatic hydroxyl groups is 1. The van der Waals surface area contributed by atoms with Crippen molar-refractivity contribution in [3.63, 3.8) is 0 Å². The summed E-state index contributed by atoms with van der Waals surface area (Å²) < 4.78 is 0. The van der Waals surface area contributed by atoms with E-state index in [-0.39, 0.29) is 30.3 Å². The first-order valence-electron chi connectivity index (χ1n) is 7.60. The molecule has 0 bridgehead atoms. The molecule has 1 heterocycles. The molecular weight excluding hydrogens is 256 g/mol. The van der Waals surface area contributed by atoms with E-state index in [0.717, 1.165) is 19.4 Å². The van der Waals surface area contributed by atoms with Crippen molar-refractivity contribution in [2.24, 2.45) is 17.8 Å². The first kappa shape index (κ1) is 17.0. The van der Waals surface area contributed by atoms with E-state index in [4.69, 9.17) is 5.11 Å². The summed E-state index contributed by atoms with van der Waals surface area (Å²) >= 11 is 0. The Morgan fingerprint density at radius 2 is 2.15 bits per heavy atom. The molecule has 2 unspecified atom stereocenters. The molecule has 2 atom stereocenters. The molecule has 2 N–H and O–H groups in total. The second-order valence-corrected chi connectivity index (χ2v) is 6.31. The smallest absolute Gasteiger partial charge is 0.225 e. The third-order valence-corrected chi connectivity index (χ3v) is 3.66. The number of hydrogen-bond donors (Lipinski definition) is 2. The van der Waals surface area contributed by atoms with Crippen LogP contribution in [0, 0.1) is 17.8 Å². The molecule has 5 nitrogen and oxygen atoms in total.